The van der Waals surface area contributed by atoms with E-state index in [2.05, 4.69) is 26.2 Å². The van der Waals surface area contributed by atoms with Crippen molar-refractivity contribution in [3.8, 4) is 0 Å². The third-order valence-electron chi connectivity index (χ3n) is 2.63. The van der Waals surface area contributed by atoms with Gasteiger partial charge in [-0.2, -0.15) is 0 Å². The van der Waals surface area contributed by atoms with Gasteiger partial charge in [0.1, 0.15) is 0 Å². The predicted octanol–water partition coefficient (Wildman–Crippen LogP) is 1.98. The lowest BCUT2D eigenvalue weighted by Gasteiger charge is -2.14. The lowest BCUT2D eigenvalue weighted by atomic mass is 10.0. The molecule has 1 aromatic heterocycles. The highest BCUT2D eigenvalue weighted by molar-refractivity contribution is 9.10. The Morgan fingerprint density at radius 1 is 1.59 bits per heavy atom. The van der Waals surface area contributed by atoms with Crippen molar-refractivity contribution in [2.75, 3.05) is 13.2 Å². The fourth-order valence-electron chi connectivity index (χ4n) is 1.51. The number of carbonyl (C=O) groups is 1. The molecule has 1 aromatic rings. The maximum absolute atomic E-state index is 11.8. The molecule has 0 radical (unpaired) electrons. The third-order valence-corrected chi connectivity index (χ3v) is 3.07. The monoisotopic (exact) mass is 300 g/mol. The minimum Gasteiger partial charge on any atom is -0.396 e. The number of pyridine rings is 1. The lowest BCUT2D eigenvalue weighted by molar-refractivity contribution is 0.0943. The molecule has 1 atom stereocenters. The Hall–Kier alpha value is -0.940. The molecule has 2 N–H and O–H groups in total. The van der Waals surface area contributed by atoms with Crippen molar-refractivity contribution in [2.24, 2.45) is 5.92 Å². The summed E-state index contributed by atoms with van der Waals surface area (Å²) in [5.41, 5.74) is 0.540. The number of carbonyl (C=O) groups excluding carboxylic acids is 1. The number of hydrogen-bond acceptors (Lipinski definition) is 3. The fourth-order valence-corrected chi connectivity index (χ4v) is 1.87. The van der Waals surface area contributed by atoms with E-state index in [-0.39, 0.29) is 12.5 Å². The first-order chi connectivity index (χ1) is 8.17. The van der Waals surface area contributed by atoms with Crippen LogP contribution in [-0.2, 0) is 0 Å². The van der Waals surface area contributed by atoms with Crippen LogP contribution in [0.25, 0.3) is 0 Å². The van der Waals surface area contributed by atoms with Crippen molar-refractivity contribution < 1.29 is 9.90 Å². The molecule has 0 aliphatic carbocycles. The number of hydrogen-bond donors (Lipinski definition) is 2. The van der Waals surface area contributed by atoms with Crippen LogP contribution < -0.4 is 5.32 Å². The SMILES string of the molecule is CCC(CCO)CNC(=O)c1cncc(Br)c1. The minimum atomic E-state index is -0.129. The number of rotatable bonds is 6. The molecule has 4 nitrogen and oxygen atoms in total. The van der Waals surface area contributed by atoms with Gasteiger partial charge in [-0.1, -0.05) is 13.3 Å². The Bertz CT molecular complexity index is 371. The average Bonchev–Trinajstić information content (AvgIpc) is 2.34. The van der Waals surface area contributed by atoms with Crippen LogP contribution in [0.5, 0.6) is 0 Å². The number of amides is 1. The topological polar surface area (TPSA) is 62.2 Å². The standard InChI is InChI=1S/C12H17BrN2O2/c1-2-9(3-4-16)6-15-12(17)10-5-11(13)8-14-7-10/h5,7-9,16H,2-4,6H2,1H3,(H,15,17). The van der Waals surface area contributed by atoms with Crippen molar-refractivity contribution in [1.82, 2.24) is 10.3 Å². The zero-order valence-electron chi connectivity index (χ0n) is 9.82. The van der Waals surface area contributed by atoms with Crippen molar-refractivity contribution in [2.45, 2.75) is 19.8 Å². The maximum Gasteiger partial charge on any atom is 0.252 e. The Labute approximate surface area is 110 Å². The van der Waals surface area contributed by atoms with Gasteiger partial charge in [-0.25, -0.2) is 0 Å². The van der Waals surface area contributed by atoms with Crippen LogP contribution >= 0.6 is 15.9 Å². The highest BCUT2D eigenvalue weighted by atomic mass is 79.9. The van der Waals surface area contributed by atoms with Crippen molar-refractivity contribution in [3.05, 3.63) is 28.5 Å². The zero-order chi connectivity index (χ0) is 12.7. The smallest absolute Gasteiger partial charge is 0.252 e. The molecule has 0 spiro atoms. The highest BCUT2D eigenvalue weighted by Gasteiger charge is 2.10. The number of aliphatic hydroxyl groups is 1. The van der Waals surface area contributed by atoms with E-state index in [0.29, 0.717) is 24.4 Å². The summed E-state index contributed by atoms with van der Waals surface area (Å²) in [6.45, 7) is 2.79. The van der Waals surface area contributed by atoms with E-state index in [1.54, 1.807) is 12.3 Å². The summed E-state index contributed by atoms with van der Waals surface area (Å²) < 4.78 is 0.785. The van der Waals surface area contributed by atoms with Crippen molar-refractivity contribution >= 4 is 21.8 Å². The summed E-state index contributed by atoms with van der Waals surface area (Å²) in [7, 11) is 0. The summed E-state index contributed by atoms with van der Waals surface area (Å²) in [6, 6.07) is 1.73. The van der Waals surface area contributed by atoms with Gasteiger partial charge in [-0.15, -0.1) is 0 Å². The molecule has 0 saturated heterocycles. The average molecular weight is 301 g/mol. The lowest BCUT2D eigenvalue weighted by Crippen LogP contribution is -2.29. The molecule has 0 aliphatic rings. The van der Waals surface area contributed by atoms with Crippen LogP contribution in [0.2, 0.25) is 0 Å². The van der Waals surface area contributed by atoms with Crippen LogP contribution in [0, 0.1) is 5.92 Å². The number of aliphatic hydroxyl groups excluding tert-OH is 1. The van der Waals surface area contributed by atoms with E-state index in [1.807, 2.05) is 6.92 Å². The number of nitrogens with zero attached hydrogens (tertiary/aromatic N) is 1. The molecule has 1 unspecified atom stereocenters. The molecular weight excluding hydrogens is 284 g/mol. The minimum absolute atomic E-state index is 0.129. The third kappa shape index (κ3) is 4.83. The largest absolute Gasteiger partial charge is 0.396 e. The van der Waals surface area contributed by atoms with Gasteiger partial charge in [0.2, 0.25) is 0 Å². The van der Waals surface area contributed by atoms with E-state index in [4.69, 9.17) is 5.11 Å². The molecule has 0 saturated carbocycles. The molecule has 0 aromatic carbocycles. The first-order valence-corrected chi connectivity index (χ1v) is 6.46. The zero-order valence-corrected chi connectivity index (χ0v) is 11.4. The second-order valence-electron chi connectivity index (χ2n) is 3.89. The van der Waals surface area contributed by atoms with Crippen molar-refractivity contribution in [1.29, 1.82) is 0 Å². The Kier molecular flexibility index (Phi) is 6.15. The fraction of sp³-hybridized carbons (Fsp3) is 0.500. The van der Waals surface area contributed by atoms with E-state index >= 15 is 0 Å². The van der Waals surface area contributed by atoms with E-state index < -0.39 is 0 Å². The van der Waals surface area contributed by atoms with Crippen LogP contribution in [0.1, 0.15) is 30.1 Å². The van der Waals surface area contributed by atoms with E-state index in [0.717, 1.165) is 10.9 Å². The van der Waals surface area contributed by atoms with Crippen LogP contribution in [0.4, 0.5) is 0 Å². The molecule has 5 heteroatoms. The Morgan fingerprint density at radius 2 is 2.35 bits per heavy atom. The predicted molar refractivity (Wildman–Crippen MR) is 69.8 cm³/mol. The van der Waals surface area contributed by atoms with Gasteiger partial charge in [-0.05, 0) is 34.3 Å². The van der Waals surface area contributed by atoms with Crippen LogP contribution in [0.15, 0.2) is 22.9 Å². The number of halogens is 1. The van der Waals surface area contributed by atoms with Gasteiger partial charge in [0.15, 0.2) is 0 Å². The second-order valence-corrected chi connectivity index (χ2v) is 4.80. The molecule has 1 heterocycles. The van der Waals surface area contributed by atoms with Gasteiger partial charge < -0.3 is 10.4 Å². The van der Waals surface area contributed by atoms with E-state index in [9.17, 15) is 4.79 Å². The Balaban J connectivity index is 2.49. The highest BCUT2D eigenvalue weighted by Crippen LogP contribution is 2.10. The van der Waals surface area contributed by atoms with Crippen molar-refractivity contribution in [3.63, 3.8) is 0 Å². The van der Waals surface area contributed by atoms with Gasteiger partial charge in [0.05, 0.1) is 5.56 Å². The number of aromatic nitrogens is 1. The first kappa shape index (κ1) is 14.1. The van der Waals surface area contributed by atoms with E-state index in [1.165, 1.54) is 6.20 Å². The summed E-state index contributed by atoms with van der Waals surface area (Å²) in [5.74, 6) is 0.194. The molecule has 0 bridgehead atoms. The molecular formula is C12H17BrN2O2. The summed E-state index contributed by atoms with van der Waals surface area (Å²) >= 11 is 3.27. The van der Waals surface area contributed by atoms with Gasteiger partial charge >= 0.3 is 0 Å². The summed E-state index contributed by atoms with van der Waals surface area (Å²) in [5, 5.41) is 11.7. The molecule has 1 amide bonds. The second kappa shape index (κ2) is 7.40. The molecule has 17 heavy (non-hydrogen) atoms. The summed E-state index contributed by atoms with van der Waals surface area (Å²) in [4.78, 5) is 15.7. The quantitative estimate of drug-likeness (QED) is 0.844. The van der Waals surface area contributed by atoms with Crippen LogP contribution in [-0.4, -0.2) is 29.1 Å². The number of nitrogens with one attached hydrogen (secondary N) is 1. The normalized spacial score (nSPS) is 12.2. The van der Waals surface area contributed by atoms with Gasteiger partial charge in [-0.3, -0.25) is 9.78 Å². The molecule has 94 valence electrons. The first-order valence-electron chi connectivity index (χ1n) is 5.67. The molecule has 1 rings (SSSR count). The van der Waals surface area contributed by atoms with Gasteiger partial charge in [0, 0.05) is 30.0 Å². The summed E-state index contributed by atoms with van der Waals surface area (Å²) in [6.07, 6.45) is 4.83. The maximum atomic E-state index is 11.8. The Morgan fingerprint density at radius 3 is 2.94 bits per heavy atom. The molecule has 0 aliphatic heterocycles. The molecule has 0 fully saturated rings. The van der Waals surface area contributed by atoms with Gasteiger partial charge in [0.25, 0.3) is 5.91 Å². The van der Waals surface area contributed by atoms with Crippen LogP contribution in [0.3, 0.4) is 0 Å².